The molecule has 8 heteroatoms. The maximum atomic E-state index is 12.7. The number of thioether (sulfide) groups is 1. The quantitative estimate of drug-likeness (QED) is 0.299. The lowest BCUT2D eigenvalue weighted by atomic mass is 10.0. The summed E-state index contributed by atoms with van der Waals surface area (Å²) in [4.78, 5) is 17.0. The molecule has 1 N–H and O–H groups in total. The Balaban J connectivity index is 1.69. The Labute approximate surface area is 208 Å². The number of hydrogen-bond acceptors (Lipinski definition) is 5. The van der Waals surface area contributed by atoms with Gasteiger partial charge in [0.15, 0.2) is 11.0 Å². The van der Waals surface area contributed by atoms with Gasteiger partial charge in [-0.2, -0.15) is 0 Å². The minimum Gasteiger partial charge on any atom is -0.324 e. The minimum atomic E-state index is -0.160. The molecule has 0 fully saturated rings. The molecule has 0 aliphatic carbocycles. The Morgan fingerprint density at radius 1 is 1.06 bits per heavy atom. The minimum absolute atomic E-state index is 0.160. The van der Waals surface area contributed by atoms with E-state index in [1.54, 1.807) is 12.4 Å². The number of anilines is 1. The van der Waals surface area contributed by atoms with Crippen LogP contribution in [0.4, 0.5) is 5.69 Å². The smallest absolute Gasteiger partial charge is 0.234 e. The number of aromatic nitrogens is 4. The van der Waals surface area contributed by atoms with Crippen molar-refractivity contribution in [2.24, 2.45) is 0 Å². The molecular formula is C26H26ClN5OS. The van der Waals surface area contributed by atoms with Gasteiger partial charge < -0.3 is 5.32 Å². The molecule has 0 saturated heterocycles. The maximum Gasteiger partial charge on any atom is 0.234 e. The van der Waals surface area contributed by atoms with Crippen molar-refractivity contribution in [1.29, 1.82) is 0 Å². The number of carbonyl (C=O) groups is 1. The zero-order chi connectivity index (χ0) is 24.1. The molecule has 34 heavy (non-hydrogen) atoms. The fourth-order valence-electron chi connectivity index (χ4n) is 3.79. The summed E-state index contributed by atoms with van der Waals surface area (Å²) in [5.41, 5.74) is 5.96. The molecule has 0 atom stereocenters. The highest BCUT2D eigenvalue weighted by molar-refractivity contribution is 7.99. The Kier molecular flexibility index (Phi) is 7.65. The first-order valence-corrected chi connectivity index (χ1v) is 12.5. The van der Waals surface area contributed by atoms with Crippen LogP contribution in [-0.2, 0) is 17.6 Å². The number of halogens is 1. The van der Waals surface area contributed by atoms with Crippen molar-refractivity contribution in [2.45, 2.75) is 38.8 Å². The van der Waals surface area contributed by atoms with E-state index in [9.17, 15) is 4.79 Å². The topological polar surface area (TPSA) is 72.7 Å². The molecule has 4 aromatic rings. The van der Waals surface area contributed by atoms with E-state index in [1.165, 1.54) is 22.9 Å². The van der Waals surface area contributed by atoms with Crippen LogP contribution in [0.3, 0.4) is 0 Å². The number of para-hydroxylation sites is 1. The van der Waals surface area contributed by atoms with Gasteiger partial charge in [0.1, 0.15) is 0 Å². The van der Waals surface area contributed by atoms with E-state index < -0.39 is 0 Å². The van der Waals surface area contributed by atoms with Gasteiger partial charge in [0.05, 0.1) is 22.2 Å². The van der Waals surface area contributed by atoms with Crippen molar-refractivity contribution in [3.63, 3.8) is 0 Å². The van der Waals surface area contributed by atoms with Crippen molar-refractivity contribution < 1.29 is 4.79 Å². The molecule has 1 amide bonds. The molecule has 2 aromatic carbocycles. The van der Waals surface area contributed by atoms with Gasteiger partial charge in [0, 0.05) is 18.0 Å². The highest BCUT2D eigenvalue weighted by Crippen LogP contribution is 2.32. The Morgan fingerprint density at radius 3 is 2.47 bits per heavy atom. The molecule has 0 aliphatic rings. The van der Waals surface area contributed by atoms with Gasteiger partial charge in [0.2, 0.25) is 5.91 Å². The predicted molar refractivity (Wildman–Crippen MR) is 139 cm³/mol. The normalized spacial score (nSPS) is 10.9. The number of pyridine rings is 1. The zero-order valence-electron chi connectivity index (χ0n) is 19.4. The number of aryl methyl sites for hydroxylation is 3. The highest BCUT2D eigenvalue weighted by atomic mass is 35.5. The van der Waals surface area contributed by atoms with Crippen LogP contribution in [0, 0.1) is 6.92 Å². The van der Waals surface area contributed by atoms with E-state index in [0.717, 1.165) is 29.7 Å². The fraction of sp³-hybridized carbons (Fsp3) is 0.231. The third kappa shape index (κ3) is 5.16. The van der Waals surface area contributed by atoms with E-state index in [1.807, 2.05) is 37.3 Å². The predicted octanol–water partition coefficient (Wildman–Crippen LogP) is 6.15. The number of amides is 1. The lowest BCUT2D eigenvalue weighted by molar-refractivity contribution is -0.113. The van der Waals surface area contributed by atoms with Crippen molar-refractivity contribution >= 4 is 35.0 Å². The second kappa shape index (κ2) is 10.8. The van der Waals surface area contributed by atoms with Gasteiger partial charge in [-0.3, -0.25) is 14.3 Å². The van der Waals surface area contributed by atoms with Gasteiger partial charge in [0.25, 0.3) is 0 Å². The van der Waals surface area contributed by atoms with Crippen LogP contribution in [0.2, 0.25) is 5.02 Å². The first-order chi connectivity index (χ1) is 16.5. The molecule has 6 nitrogen and oxygen atoms in total. The lowest BCUT2D eigenvalue weighted by Gasteiger charge is -2.18. The Hall–Kier alpha value is -3.16. The molecule has 0 aliphatic heterocycles. The Bertz CT molecular complexity index is 1280. The number of carbonyl (C=O) groups excluding carboxylic acids is 1. The lowest BCUT2D eigenvalue weighted by Crippen LogP contribution is -2.15. The standard InChI is InChI=1S/C26H26ClN5OS/c1-4-18-8-6-9-19(5-2)24(18)32-25(20-10-7-13-28-15-20)30-31-26(32)34-16-23(33)29-22-12-11-17(3)14-21(22)27/h6-15H,4-5,16H2,1-3H3,(H,29,33). The molecular weight excluding hydrogens is 466 g/mol. The third-order valence-corrected chi connectivity index (χ3v) is 6.71. The van der Waals surface area contributed by atoms with Crippen LogP contribution in [0.25, 0.3) is 17.1 Å². The molecule has 0 bridgehead atoms. The summed E-state index contributed by atoms with van der Waals surface area (Å²) >= 11 is 7.63. The van der Waals surface area contributed by atoms with Gasteiger partial charge in [-0.05, 0) is 60.7 Å². The third-order valence-electron chi connectivity index (χ3n) is 5.47. The summed E-state index contributed by atoms with van der Waals surface area (Å²) < 4.78 is 2.06. The first-order valence-electron chi connectivity index (χ1n) is 11.2. The van der Waals surface area contributed by atoms with Gasteiger partial charge in [-0.1, -0.05) is 61.5 Å². The summed E-state index contributed by atoms with van der Waals surface area (Å²) in [6, 6.07) is 15.7. The van der Waals surface area contributed by atoms with E-state index in [-0.39, 0.29) is 11.7 Å². The van der Waals surface area contributed by atoms with Crippen LogP contribution in [-0.4, -0.2) is 31.4 Å². The Morgan fingerprint density at radius 2 is 1.82 bits per heavy atom. The summed E-state index contributed by atoms with van der Waals surface area (Å²) in [5.74, 6) is 0.714. The second-order valence-corrected chi connectivity index (χ2v) is 9.19. The number of hydrogen-bond donors (Lipinski definition) is 1. The fourth-order valence-corrected chi connectivity index (χ4v) is 4.81. The van der Waals surface area contributed by atoms with Gasteiger partial charge in [-0.15, -0.1) is 10.2 Å². The molecule has 4 rings (SSSR count). The average Bonchev–Trinajstić information content (AvgIpc) is 3.28. The van der Waals surface area contributed by atoms with E-state index >= 15 is 0 Å². The number of nitrogens with zero attached hydrogens (tertiary/aromatic N) is 4. The zero-order valence-corrected chi connectivity index (χ0v) is 21.0. The molecule has 2 heterocycles. The SMILES string of the molecule is CCc1cccc(CC)c1-n1c(SCC(=O)Nc2ccc(C)cc2Cl)nnc1-c1cccnc1. The van der Waals surface area contributed by atoms with Crippen LogP contribution in [0.15, 0.2) is 66.1 Å². The number of benzene rings is 2. The average molecular weight is 492 g/mol. The summed E-state index contributed by atoms with van der Waals surface area (Å²) in [6.07, 6.45) is 5.24. The largest absolute Gasteiger partial charge is 0.324 e. The van der Waals surface area contributed by atoms with E-state index in [2.05, 4.69) is 57.1 Å². The summed E-state index contributed by atoms with van der Waals surface area (Å²) in [5, 5.41) is 13.0. The molecule has 0 saturated carbocycles. The van der Waals surface area contributed by atoms with Crippen molar-refractivity contribution in [2.75, 3.05) is 11.1 Å². The molecule has 0 spiro atoms. The van der Waals surface area contributed by atoms with Crippen molar-refractivity contribution in [1.82, 2.24) is 19.7 Å². The summed E-state index contributed by atoms with van der Waals surface area (Å²) in [7, 11) is 0. The van der Waals surface area contributed by atoms with Crippen molar-refractivity contribution in [3.05, 3.63) is 82.6 Å². The number of nitrogens with one attached hydrogen (secondary N) is 1. The van der Waals surface area contributed by atoms with Crippen LogP contribution in [0.1, 0.15) is 30.5 Å². The monoisotopic (exact) mass is 491 g/mol. The highest BCUT2D eigenvalue weighted by Gasteiger charge is 2.21. The van der Waals surface area contributed by atoms with Gasteiger partial charge in [-0.25, -0.2) is 0 Å². The van der Waals surface area contributed by atoms with Crippen molar-refractivity contribution in [3.8, 4) is 17.1 Å². The summed E-state index contributed by atoms with van der Waals surface area (Å²) in [6.45, 7) is 6.23. The molecule has 0 unspecified atom stereocenters. The molecule has 174 valence electrons. The molecule has 2 aromatic heterocycles. The molecule has 0 radical (unpaired) electrons. The van der Waals surface area contributed by atoms with Crippen LogP contribution >= 0.6 is 23.4 Å². The second-order valence-electron chi connectivity index (χ2n) is 7.84. The van der Waals surface area contributed by atoms with Gasteiger partial charge >= 0.3 is 0 Å². The first kappa shape index (κ1) is 24.0. The van der Waals surface area contributed by atoms with E-state index in [4.69, 9.17) is 11.6 Å². The van der Waals surface area contributed by atoms with Crippen LogP contribution < -0.4 is 5.32 Å². The van der Waals surface area contributed by atoms with Crippen LogP contribution in [0.5, 0.6) is 0 Å². The number of rotatable bonds is 8. The van der Waals surface area contributed by atoms with E-state index in [0.29, 0.717) is 21.7 Å². The maximum absolute atomic E-state index is 12.7.